The van der Waals surface area contributed by atoms with Crippen molar-refractivity contribution >= 4 is 58.6 Å². The molecule has 0 atom stereocenters. The summed E-state index contributed by atoms with van der Waals surface area (Å²) in [6.45, 7) is 36.6. The number of rotatable bonds is 2. The fourth-order valence-electron chi connectivity index (χ4n) is 8.94. The topological polar surface area (TPSA) is 55.4 Å². The first kappa shape index (κ1) is 57.2. The van der Waals surface area contributed by atoms with Crippen LogP contribution in [0.3, 0.4) is 0 Å². The van der Waals surface area contributed by atoms with Crippen molar-refractivity contribution in [2.24, 2.45) is 0 Å². The van der Waals surface area contributed by atoms with Crippen LogP contribution in [-0.2, 0) is 40.8 Å². The van der Waals surface area contributed by atoms with Crippen molar-refractivity contribution in [2.75, 3.05) is 5.33 Å². The van der Waals surface area contributed by atoms with Gasteiger partial charge < -0.3 is 27.9 Å². The van der Waals surface area contributed by atoms with E-state index in [-0.39, 0.29) is 40.7 Å². The van der Waals surface area contributed by atoms with Gasteiger partial charge in [0.15, 0.2) is 0 Å². The molecule has 0 aromatic heterocycles. The van der Waals surface area contributed by atoms with Crippen LogP contribution in [0.25, 0.3) is 43.8 Å². The lowest BCUT2D eigenvalue weighted by Gasteiger charge is -2.32. The van der Waals surface area contributed by atoms with Crippen LogP contribution in [0.2, 0.25) is 6.32 Å². The summed E-state index contributed by atoms with van der Waals surface area (Å²) in [5.74, 6) is 0. The number of benzene rings is 6. The second-order valence-electron chi connectivity index (χ2n) is 20.9. The summed E-state index contributed by atoms with van der Waals surface area (Å²) in [7, 11) is -0.966. The summed E-state index contributed by atoms with van der Waals surface area (Å²) in [6, 6.07) is 43.8. The van der Waals surface area contributed by atoms with Gasteiger partial charge in [-0.05, 0) is 168 Å². The van der Waals surface area contributed by atoms with Crippen LogP contribution in [0.1, 0.15) is 147 Å². The molecule has 6 aromatic carbocycles. The third-order valence-corrected chi connectivity index (χ3v) is 14.8. The maximum Gasteiger partial charge on any atom is 0.488 e. The van der Waals surface area contributed by atoms with Crippen molar-refractivity contribution in [3.63, 3.8) is 0 Å². The predicted octanol–water partition coefficient (Wildman–Crippen LogP) is 16.6. The molecule has 3 fully saturated rings. The second-order valence-corrected chi connectivity index (χ2v) is 22.0. The molecule has 0 saturated carbocycles. The molecular formula is C60H82B3BrO6. The van der Waals surface area contributed by atoms with Gasteiger partial charge in [-0.15, -0.1) is 0 Å². The quantitative estimate of drug-likeness (QED) is 0.127. The fraction of sp³-hybridized carbons (Fsp3) is 0.467. The highest BCUT2D eigenvalue weighted by Gasteiger charge is 2.63. The van der Waals surface area contributed by atoms with Gasteiger partial charge >= 0.3 is 21.1 Å². The largest absolute Gasteiger partial charge is 0.488 e. The molecule has 0 amide bonds. The predicted molar refractivity (Wildman–Crippen MR) is 305 cm³/mol. The van der Waals surface area contributed by atoms with Crippen molar-refractivity contribution in [1.82, 2.24) is 0 Å². The number of hydrogen-bond acceptors (Lipinski definition) is 6. The zero-order chi connectivity index (χ0) is 51.9. The van der Waals surface area contributed by atoms with Gasteiger partial charge in [-0.2, -0.15) is 0 Å². The molecule has 2 aliphatic carbocycles. The molecule has 11 rings (SSSR count). The minimum atomic E-state index is -0.476. The Kier molecular flexibility index (Phi) is 19.1. The van der Waals surface area contributed by atoms with Crippen molar-refractivity contribution < 1.29 is 27.9 Å². The Hall–Kier alpha value is -3.73. The summed E-state index contributed by atoms with van der Waals surface area (Å²) in [4.78, 5) is 0. The number of halogens is 1. The van der Waals surface area contributed by atoms with E-state index >= 15 is 0 Å². The number of fused-ring (bicyclic) bond motifs is 10. The zero-order valence-corrected chi connectivity index (χ0v) is 47.5. The van der Waals surface area contributed by atoms with Crippen molar-refractivity contribution in [3.8, 4) is 22.3 Å². The molecule has 6 aromatic rings. The van der Waals surface area contributed by atoms with E-state index in [1.54, 1.807) is 0 Å². The highest BCUT2D eigenvalue weighted by Crippen LogP contribution is 2.44. The van der Waals surface area contributed by atoms with Crippen LogP contribution >= 0.6 is 15.9 Å². The van der Waals surface area contributed by atoms with E-state index in [2.05, 4.69) is 172 Å². The maximum atomic E-state index is 5.96. The summed E-state index contributed by atoms with van der Waals surface area (Å²) in [5, 5.41) is 6.56. The molecule has 70 heavy (non-hydrogen) atoms. The van der Waals surface area contributed by atoms with Crippen LogP contribution in [0.15, 0.2) is 121 Å². The van der Waals surface area contributed by atoms with Gasteiger partial charge in [0, 0.05) is 5.33 Å². The van der Waals surface area contributed by atoms with Gasteiger partial charge in [0.05, 0.1) is 33.6 Å². The summed E-state index contributed by atoms with van der Waals surface area (Å²) in [5.41, 5.74) is 9.79. The molecule has 374 valence electrons. The van der Waals surface area contributed by atoms with Gasteiger partial charge in [0.25, 0.3) is 0 Å². The molecular weight excluding hydrogens is 929 g/mol. The molecule has 0 N–H and O–H groups in total. The molecule has 3 heterocycles. The first-order valence-corrected chi connectivity index (χ1v) is 27.0. The van der Waals surface area contributed by atoms with Gasteiger partial charge in [0.1, 0.15) is 0 Å². The van der Waals surface area contributed by atoms with E-state index in [4.69, 9.17) is 27.9 Å². The highest BCUT2D eigenvalue weighted by molar-refractivity contribution is 9.09. The van der Waals surface area contributed by atoms with Crippen LogP contribution < -0.4 is 0 Å². The normalized spacial score (nSPS) is 19.0. The van der Waals surface area contributed by atoms with Crippen molar-refractivity contribution in [1.29, 1.82) is 0 Å². The number of hydrogen-bond donors (Lipinski definition) is 0. The summed E-state index contributed by atoms with van der Waals surface area (Å²) in [6.07, 6.45) is 3.08. The van der Waals surface area contributed by atoms with Crippen LogP contribution in [0, 0.1) is 0 Å². The molecule has 0 radical (unpaired) electrons. The Morgan fingerprint density at radius 2 is 0.671 bits per heavy atom. The average molecular weight is 1010 g/mol. The zero-order valence-electron chi connectivity index (χ0n) is 45.9. The molecule has 3 saturated heterocycles. The SMILES string of the molecule is CC.CC.CC1(C)OB(B2OC(C)(C)C(C)(C)O2)OC1(C)C.CCB1OC(C)(C)C(C)(C)O1.CCBr.c1ccc2c(c1)Cc1c-2ccc2ccccc12.c1ccc2c(c1)Cc1c-2ccc2ccccc12. The summed E-state index contributed by atoms with van der Waals surface area (Å²) >= 11 is 3.15. The smallest absolute Gasteiger partial charge is 0.405 e. The summed E-state index contributed by atoms with van der Waals surface area (Å²) < 4.78 is 35.2. The standard InChI is InChI=1S/2C17H12.C12H24B2O4.C8H17BO2.C2H5Br.2C2H6/c2*1-3-7-14-12(5-1)9-10-16-15-8-4-2-6-13(15)11-17(14)16;1-9(2)10(3,4)16-13(15-9)14-17-11(5,6)12(7,8)18-14;1-6-9-10-7(2,3)8(4,5)11-9;1-2-3;2*1-2/h2*1-10H,11H2;1-8H3;6H2,1-5H3;2H2,1H3;2*1-2H3. The van der Waals surface area contributed by atoms with E-state index in [9.17, 15) is 0 Å². The lowest BCUT2D eigenvalue weighted by atomic mass is 9.49. The Bertz CT molecular complexity index is 2450. The van der Waals surface area contributed by atoms with Gasteiger partial charge in [-0.25, -0.2) is 0 Å². The van der Waals surface area contributed by atoms with Crippen LogP contribution in [0.4, 0.5) is 0 Å². The first-order chi connectivity index (χ1) is 33.0. The lowest BCUT2D eigenvalue weighted by molar-refractivity contribution is 0.00578. The molecule has 0 unspecified atom stereocenters. The van der Waals surface area contributed by atoms with Gasteiger partial charge in [-0.3, -0.25) is 0 Å². The Morgan fingerprint density at radius 1 is 0.386 bits per heavy atom. The van der Waals surface area contributed by atoms with E-state index in [0.717, 1.165) is 24.5 Å². The maximum absolute atomic E-state index is 5.96. The van der Waals surface area contributed by atoms with Crippen LogP contribution in [-0.4, -0.2) is 60.1 Å². The first-order valence-electron chi connectivity index (χ1n) is 25.9. The highest BCUT2D eigenvalue weighted by atomic mass is 79.9. The van der Waals surface area contributed by atoms with Gasteiger partial charge in [0.2, 0.25) is 0 Å². The molecule has 5 aliphatic rings. The van der Waals surface area contributed by atoms with E-state index < -0.39 is 14.0 Å². The molecule has 6 nitrogen and oxygen atoms in total. The minimum Gasteiger partial charge on any atom is -0.405 e. The third kappa shape index (κ3) is 12.2. The second kappa shape index (κ2) is 23.4. The Balaban J connectivity index is 0.000000168. The fourth-order valence-corrected chi connectivity index (χ4v) is 8.94. The molecule has 10 heteroatoms. The van der Waals surface area contributed by atoms with Crippen LogP contribution in [0.5, 0.6) is 0 Å². The Labute approximate surface area is 432 Å². The average Bonchev–Trinajstić information content (AvgIpc) is 4.08. The van der Waals surface area contributed by atoms with E-state index in [1.165, 1.54) is 66.1 Å². The number of alkyl halides is 1. The molecule has 0 bridgehead atoms. The van der Waals surface area contributed by atoms with Gasteiger partial charge in [-0.1, -0.05) is 179 Å². The van der Waals surface area contributed by atoms with Crippen molar-refractivity contribution in [3.05, 3.63) is 144 Å². The van der Waals surface area contributed by atoms with Crippen molar-refractivity contribution in [2.45, 2.75) is 177 Å². The lowest BCUT2D eigenvalue weighted by Crippen LogP contribution is -2.41. The van der Waals surface area contributed by atoms with E-state index in [0.29, 0.717) is 0 Å². The molecule has 3 aliphatic heterocycles. The Morgan fingerprint density at radius 3 is 0.986 bits per heavy atom. The monoisotopic (exact) mass is 1010 g/mol. The third-order valence-electron chi connectivity index (χ3n) is 14.8. The molecule has 0 spiro atoms. The minimum absolute atomic E-state index is 0.0139. The van der Waals surface area contributed by atoms with E-state index in [1.807, 2.05) is 90.0 Å².